The zero-order chi connectivity index (χ0) is 10.6. The number of aliphatic imine (C=N–C) groups is 1. The highest BCUT2D eigenvalue weighted by Crippen LogP contribution is 2.29. The van der Waals surface area contributed by atoms with Gasteiger partial charge >= 0.3 is 0 Å². The van der Waals surface area contributed by atoms with Gasteiger partial charge in [0.15, 0.2) is 0 Å². The minimum absolute atomic E-state index is 0.201. The number of hydrogen-bond donors (Lipinski definition) is 1. The van der Waals surface area contributed by atoms with Crippen LogP contribution in [0.2, 0.25) is 0 Å². The van der Waals surface area contributed by atoms with Gasteiger partial charge in [0.1, 0.15) is 0 Å². The minimum atomic E-state index is -0.201. The van der Waals surface area contributed by atoms with E-state index in [9.17, 15) is 5.11 Å². The van der Waals surface area contributed by atoms with Gasteiger partial charge in [-0.3, -0.25) is 4.99 Å². The van der Waals surface area contributed by atoms with E-state index in [1.807, 2.05) is 12.4 Å². The van der Waals surface area contributed by atoms with Gasteiger partial charge in [0.05, 0.1) is 6.10 Å². The van der Waals surface area contributed by atoms with Crippen LogP contribution in [0.15, 0.2) is 16.8 Å². The molecule has 0 spiro atoms. The highest BCUT2D eigenvalue weighted by Gasteiger charge is 2.26. The first-order valence-corrected chi connectivity index (χ1v) is 5.53. The SMILES string of the molecule is CCCC(O)C1C(C)=CN=CC[C@@H]1C. The van der Waals surface area contributed by atoms with Crippen LogP contribution in [-0.2, 0) is 0 Å². The summed E-state index contributed by atoms with van der Waals surface area (Å²) in [5.41, 5.74) is 1.22. The summed E-state index contributed by atoms with van der Waals surface area (Å²) >= 11 is 0. The fourth-order valence-corrected chi connectivity index (χ4v) is 2.24. The van der Waals surface area contributed by atoms with Crippen molar-refractivity contribution in [3.8, 4) is 0 Å². The average Bonchev–Trinajstić information content (AvgIpc) is 2.28. The number of rotatable bonds is 3. The zero-order valence-electron chi connectivity index (χ0n) is 9.40. The maximum absolute atomic E-state index is 10.0. The summed E-state index contributed by atoms with van der Waals surface area (Å²) in [6.45, 7) is 6.38. The number of hydrogen-bond acceptors (Lipinski definition) is 2. The van der Waals surface area contributed by atoms with Gasteiger partial charge in [0.2, 0.25) is 0 Å². The maximum atomic E-state index is 10.0. The van der Waals surface area contributed by atoms with E-state index in [0.29, 0.717) is 5.92 Å². The third-order valence-corrected chi connectivity index (χ3v) is 3.00. The van der Waals surface area contributed by atoms with Crippen LogP contribution in [0.1, 0.15) is 40.0 Å². The molecule has 1 aliphatic rings. The number of aliphatic hydroxyl groups excluding tert-OH is 1. The molecule has 0 bridgehead atoms. The molecular formula is C12H21NO. The minimum Gasteiger partial charge on any atom is -0.392 e. The molecule has 0 aliphatic carbocycles. The normalized spacial score (nSPS) is 29.6. The molecule has 3 atom stereocenters. The highest BCUT2D eigenvalue weighted by molar-refractivity contribution is 5.59. The molecule has 0 radical (unpaired) electrons. The average molecular weight is 195 g/mol. The van der Waals surface area contributed by atoms with Crippen LogP contribution in [0.25, 0.3) is 0 Å². The Morgan fingerprint density at radius 3 is 3.00 bits per heavy atom. The topological polar surface area (TPSA) is 32.6 Å². The summed E-state index contributed by atoms with van der Waals surface area (Å²) in [4.78, 5) is 4.20. The maximum Gasteiger partial charge on any atom is 0.0608 e. The third-order valence-electron chi connectivity index (χ3n) is 3.00. The molecule has 0 saturated heterocycles. The lowest BCUT2D eigenvalue weighted by Crippen LogP contribution is -2.27. The van der Waals surface area contributed by atoms with E-state index in [-0.39, 0.29) is 12.0 Å². The Bertz CT molecular complexity index is 232. The Morgan fingerprint density at radius 2 is 2.36 bits per heavy atom. The first kappa shape index (κ1) is 11.4. The Kier molecular flexibility index (Phi) is 4.33. The first-order valence-electron chi connectivity index (χ1n) is 5.53. The van der Waals surface area contributed by atoms with E-state index >= 15 is 0 Å². The Hall–Kier alpha value is -0.630. The predicted octanol–water partition coefficient (Wildman–Crippen LogP) is 2.78. The van der Waals surface area contributed by atoms with E-state index in [0.717, 1.165) is 19.3 Å². The van der Waals surface area contributed by atoms with Crippen molar-refractivity contribution in [2.45, 2.75) is 46.1 Å². The molecule has 1 aliphatic heterocycles. The van der Waals surface area contributed by atoms with Gasteiger partial charge in [-0.25, -0.2) is 0 Å². The Morgan fingerprint density at radius 1 is 1.64 bits per heavy atom. The van der Waals surface area contributed by atoms with Crippen molar-refractivity contribution in [1.29, 1.82) is 0 Å². The Labute approximate surface area is 86.7 Å². The number of aliphatic hydroxyl groups is 1. The standard InChI is InChI=1S/C12H21NO/c1-4-5-11(14)12-9(2)6-7-13-8-10(12)3/h7-9,11-12,14H,4-6H2,1-3H3/t9-,11?,12?/m0/s1. The van der Waals surface area contributed by atoms with Crippen LogP contribution in [0.3, 0.4) is 0 Å². The summed E-state index contributed by atoms with van der Waals surface area (Å²) in [5, 5.41) is 10.0. The number of nitrogens with zero attached hydrogens (tertiary/aromatic N) is 1. The summed E-state index contributed by atoms with van der Waals surface area (Å²) in [5.74, 6) is 0.788. The zero-order valence-corrected chi connectivity index (χ0v) is 9.40. The molecule has 0 aromatic rings. The fourth-order valence-electron chi connectivity index (χ4n) is 2.24. The molecule has 1 heterocycles. The van der Waals surface area contributed by atoms with Gasteiger partial charge in [-0.1, -0.05) is 20.3 Å². The van der Waals surface area contributed by atoms with Crippen molar-refractivity contribution in [3.05, 3.63) is 11.8 Å². The summed E-state index contributed by atoms with van der Waals surface area (Å²) in [6, 6.07) is 0. The molecule has 14 heavy (non-hydrogen) atoms. The molecule has 0 fully saturated rings. The van der Waals surface area contributed by atoms with Crippen molar-refractivity contribution in [2.75, 3.05) is 0 Å². The molecule has 2 nitrogen and oxygen atoms in total. The van der Waals surface area contributed by atoms with Crippen LogP contribution in [0.5, 0.6) is 0 Å². The van der Waals surface area contributed by atoms with E-state index in [1.54, 1.807) is 0 Å². The lowest BCUT2D eigenvalue weighted by molar-refractivity contribution is 0.0900. The summed E-state index contributed by atoms with van der Waals surface area (Å²) in [6.07, 6.45) is 6.55. The molecular weight excluding hydrogens is 174 g/mol. The van der Waals surface area contributed by atoms with Gasteiger partial charge in [0.25, 0.3) is 0 Å². The first-order chi connectivity index (χ1) is 6.66. The predicted molar refractivity (Wildman–Crippen MR) is 60.4 cm³/mol. The van der Waals surface area contributed by atoms with Gasteiger partial charge < -0.3 is 5.11 Å². The Balaban J connectivity index is 2.72. The van der Waals surface area contributed by atoms with Crippen molar-refractivity contribution < 1.29 is 5.11 Å². The van der Waals surface area contributed by atoms with Crippen molar-refractivity contribution >= 4 is 6.21 Å². The molecule has 2 unspecified atom stereocenters. The molecule has 0 amide bonds. The van der Waals surface area contributed by atoms with E-state index in [2.05, 4.69) is 25.8 Å². The van der Waals surface area contributed by atoms with Crippen molar-refractivity contribution in [3.63, 3.8) is 0 Å². The highest BCUT2D eigenvalue weighted by atomic mass is 16.3. The molecule has 0 saturated carbocycles. The van der Waals surface area contributed by atoms with E-state index in [1.165, 1.54) is 5.57 Å². The van der Waals surface area contributed by atoms with E-state index < -0.39 is 0 Å². The quantitative estimate of drug-likeness (QED) is 0.738. The lowest BCUT2D eigenvalue weighted by Gasteiger charge is -2.27. The van der Waals surface area contributed by atoms with Gasteiger partial charge in [-0.15, -0.1) is 0 Å². The molecule has 2 heteroatoms. The molecule has 80 valence electrons. The second-order valence-corrected chi connectivity index (χ2v) is 4.30. The molecule has 1 N–H and O–H groups in total. The molecule has 0 aromatic carbocycles. The second kappa shape index (κ2) is 5.30. The van der Waals surface area contributed by atoms with Crippen LogP contribution in [0.4, 0.5) is 0 Å². The second-order valence-electron chi connectivity index (χ2n) is 4.30. The smallest absolute Gasteiger partial charge is 0.0608 e. The summed E-state index contributed by atoms with van der Waals surface area (Å²) in [7, 11) is 0. The van der Waals surface area contributed by atoms with Gasteiger partial charge in [0, 0.05) is 18.3 Å². The molecule has 1 rings (SSSR count). The van der Waals surface area contributed by atoms with Crippen LogP contribution < -0.4 is 0 Å². The van der Waals surface area contributed by atoms with Crippen molar-refractivity contribution in [2.24, 2.45) is 16.8 Å². The summed E-state index contributed by atoms with van der Waals surface area (Å²) < 4.78 is 0. The van der Waals surface area contributed by atoms with Gasteiger partial charge in [-0.2, -0.15) is 0 Å². The van der Waals surface area contributed by atoms with Crippen LogP contribution in [-0.4, -0.2) is 17.4 Å². The third kappa shape index (κ3) is 2.68. The van der Waals surface area contributed by atoms with Gasteiger partial charge in [-0.05, 0) is 31.3 Å². The lowest BCUT2D eigenvalue weighted by atomic mass is 9.81. The van der Waals surface area contributed by atoms with E-state index in [4.69, 9.17) is 0 Å². The monoisotopic (exact) mass is 195 g/mol. The van der Waals surface area contributed by atoms with Crippen LogP contribution in [0, 0.1) is 11.8 Å². The van der Waals surface area contributed by atoms with Crippen LogP contribution >= 0.6 is 0 Å². The largest absolute Gasteiger partial charge is 0.392 e. The van der Waals surface area contributed by atoms with Crippen molar-refractivity contribution in [1.82, 2.24) is 0 Å². The molecule has 0 aromatic heterocycles. The fraction of sp³-hybridized carbons (Fsp3) is 0.750.